The molecule has 0 saturated carbocycles. The van der Waals surface area contributed by atoms with Crippen LogP contribution in [0.5, 0.6) is 0 Å². The van der Waals surface area contributed by atoms with Crippen molar-refractivity contribution < 1.29 is 42.7 Å². The van der Waals surface area contributed by atoms with Crippen molar-refractivity contribution in [3.63, 3.8) is 0 Å². The van der Waals surface area contributed by atoms with Gasteiger partial charge in [0.15, 0.2) is 0 Å². The molecule has 0 aliphatic carbocycles. The van der Waals surface area contributed by atoms with Gasteiger partial charge in [-0.2, -0.15) is 0 Å². The first-order valence-corrected chi connectivity index (χ1v) is 24.2. The molecule has 0 spiro atoms. The van der Waals surface area contributed by atoms with E-state index in [1.165, 1.54) is 109 Å². The molecule has 0 fully saturated rings. The summed E-state index contributed by atoms with van der Waals surface area (Å²) in [6.45, 7) is 3.83. The molecule has 11 heteroatoms. The van der Waals surface area contributed by atoms with Crippen LogP contribution in [0.2, 0.25) is 0 Å². The van der Waals surface area contributed by atoms with E-state index in [2.05, 4.69) is 62.5 Å². The second-order valence-electron chi connectivity index (χ2n) is 15.2. The van der Waals surface area contributed by atoms with Gasteiger partial charge in [-0.15, -0.1) is 0 Å². The molecule has 0 bridgehead atoms. The van der Waals surface area contributed by atoms with Gasteiger partial charge in [0.2, 0.25) is 0 Å². The molecular formula is C46H84NO9P. The van der Waals surface area contributed by atoms with E-state index in [1.54, 1.807) is 0 Å². The fourth-order valence-corrected chi connectivity index (χ4v) is 6.84. The number of hydrogen-bond acceptors (Lipinski definition) is 8. The zero-order chi connectivity index (χ0) is 41.9. The van der Waals surface area contributed by atoms with Crippen molar-refractivity contribution in [2.24, 2.45) is 5.73 Å². The minimum atomic E-state index is -4.63. The number of carbonyl (C=O) groups is 2. The van der Waals surface area contributed by atoms with E-state index >= 15 is 0 Å². The van der Waals surface area contributed by atoms with Crippen LogP contribution in [0.15, 0.2) is 48.6 Å². The molecule has 4 N–H and O–H groups in total. The monoisotopic (exact) mass is 826 g/mol. The summed E-state index contributed by atoms with van der Waals surface area (Å²) in [4.78, 5) is 33.6. The SMILES string of the molecule is CCCCC/C=C\C/C=C\C/C=C\C/C=C\CCCCCC(=O)O[C@H](COCCCCCCCCCCCCCCCCCC)COP(=O)(O)OC[C@H](N)C(=O)O. The molecular weight excluding hydrogens is 741 g/mol. The number of rotatable bonds is 43. The van der Waals surface area contributed by atoms with Crippen LogP contribution in [0.1, 0.15) is 194 Å². The average molecular weight is 826 g/mol. The van der Waals surface area contributed by atoms with Crippen LogP contribution in [-0.2, 0) is 32.7 Å². The Labute approximate surface area is 348 Å². The topological polar surface area (TPSA) is 155 Å². The number of carboxylic acids is 1. The summed E-state index contributed by atoms with van der Waals surface area (Å²) in [5.74, 6) is -1.81. The van der Waals surface area contributed by atoms with Gasteiger partial charge in [-0.05, 0) is 57.8 Å². The number of unbranched alkanes of at least 4 members (excludes halogenated alkanes) is 21. The Morgan fingerprint density at radius 2 is 0.965 bits per heavy atom. The highest BCUT2D eigenvalue weighted by atomic mass is 31.2. The van der Waals surface area contributed by atoms with E-state index in [1.807, 2.05) is 0 Å². The predicted molar refractivity (Wildman–Crippen MR) is 235 cm³/mol. The molecule has 0 aliphatic rings. The van der Waals surface area contributed by atoms with E-state index in [4.69, 9.17) is 29.4 Å². The van der Waals surface area contributed by atoms with Crippen LogP contribution in [0.25, 0.3) is 0 Å². The molecule has 57 heavy (non-hydrogen) atoms. The van der Waals surface area contributed by atoms with Crippen LogP contribution in [-0.4, -0.2) is 60.5 Å². The summed E-state index contributed by atoms with van der Waals surface area (Å²) in [5.41, 5.74) is 5.36. The zero-order valence-electron chi connectivity index (χ0n) is 36.2. The second kappa shape index (κ2) is 42.1. The lowest BCUT2D eigenvalue weighted by atomic mass is 10.0. The predicted octanol–water partition coefficient (Wildman–Crippen LogP) is 12.6. The number of aliphatic carboxylic acids is 1. The normalized spacial score (nSPS) is 14.3. The maximum Gasteiger partial charge on any atom is 0.472 e. The third-order valence-electron chi connectivity index (χ3n) is 9.61. The molecule has 332 valence electrons. The molecule has 0 rings (SSSR count). The number of phosphoric ester groups is 1. The number of carboxylic acid groups (broad SMARTS) is 1. The highest BCUT2D eigenvalue weighted by Crippen LogP contribution is 2.43. The number of carbonyl (C=O) groups excluding carboxylic acids is 1. The summed E-state index contributed by atoms with van der Waals surface area (Å²) in [7, 11) is -4.63. The maximum atomic E-state index is 12.6. The molecule has 0 heterocycles. The van der Waals surface area contributed by atoms with Crippen molar-refractivity contribution in [1.82, 2.24) is 0 Å². The van der Waals surface area contributed by atoms with Gasteiger partial charge >= 0.3 is 19.8 Å². The lowest BCUT2D eigenvalue weighted by Gasteiger charge is -2.20. The van der Waals surface area contributed by atoms with Crippen LogP contribution in [0.3, 0.4) is 0 Å². The molecule has 0 aromatic heterocycles. The van der Waals surface area contributed by atoms with E-state index in [-0.39, 0.29) is 13.0 Å². The highest BCUT2D eigenvalue weighted by Gasteiger charge is 2.27. The molecule has 1 unspecified atom stereocenters. The zero-order valence-corrected chi connectivity index (χ0v) is 37.1. The summed E-state index contributed by atoms with van der Waals surface area (Å²) in [5, 5.41) is 8.90. The molecule has 0 amide bonds. The Bertz CT molecular complexity index is 1090. The standard InChI is InChI=1S/C46H84NO9P/c1-3-5-7-9-11-13-15-17-19-21-22-23-24-26-28-30-32-34-36-38-45(48)56-43(41-54-57(51,52)55-42-44(47)46(49)50)40-53-39-37-35-33-31-29-27-25-20-18-16-14-12-10-8-6-4-2/h11,13,17,19,22-23,26,28,43-44H,3-10,12,14-16,18,20-21,24-25,27,29-42,47H2,1-2H3,(H,49,50)(H,51,52)/b13-11-,19-17-,23-22-,28-26-/t43-,44+/m1/s1. The molecule has 0 aromatic rings. The van der Waals surface area contributed by atoms with Crippen molar-refractivity contribution in [1.29, 1.82) is 0 Å². The molecule has 10 nitrogen and oxygen atoms in total. The molecule has 0 saturated heterocycles. The van der Waals surface area contributed by atoms with Crippen molar-refractivity contribution in [3.8, 4) is 0 Å². The first-order chi connectivity index (χ1) is 27.7. The van der Waals surface area contributed by atoms with Gasteiger partial charge in [0.1, 0.15) is 12.1 Å². The Hall–Kier alpha value is -2.07. The van der Waals surface area contributed by atoms with Crippen molar-refractivity contribution in [2.75, 3.05) is 26.4 Å². The maximum absolute atomic E-state index is 12.6. The summed E-state index contributed by atoms with van der Waals surface area (Å²) >= 11 is 0. The minimum absolute atomic E-state index is 0.00514. The first-order valence-electron chi connectivity index (χ1n) is 22.7. The minimum Gasteiger partial charge on any atom is -0.480 e. The molecule has 0 aliphatic heterocycles. The summed E-state index contributed by atoms with van der Waals surface area (Å²) in [6.07, 6.45) is 48.7. The third kappa shape index (κ3) is 41.9. The van der Waals surface area contributed by atoms with Crippen molar-refractivity contribution in [3.05, 3.63) is 48.6 Å². The smallest absolute Gasteiger partial charge is 0.472 e. The number of hydrogen-bond donors (Lipinski definition) is 3. The summed E-state index contributed by atoms with van der Waals surface area (Å²) in [6, 6.07) is -1.48. The van der Waals surface area contributed by atoms with Gasteiger partial charge in [-0.25, -0.2) is 4.57 Å². The van der Waals surface area contributed by atoms with Crippen LogP contribution in [0, 0.1) is 0 Å². The fraction of sp³-hybridized carbons (Fsp3) is 0.783. The van der Waals surface area contributed by atoms with Gasteiger partial charge in [-0.1, -0.05) is 178 Å². The number of nitrogens with two attached hydrogens (primary N) is 1. The van der Waals surface area contributed by atoms with Crippen LogP contribution < -0.4 is 5.73 Å². The largest absolute Gasteiger partial charge is 0.480 e. The van der Waals surface area contributed by atoms with E-state index in [9.17, 15) is 19.0 Å². The van der Waals surface area contributed by atoms with Crippen LogP contribution in [0.4, 0.5) is 0 Å². The number of ether oxygens (including phenoxy) is 2. The Balaban J connectivity index is 4.28. The summed E-state index contributed by atoms with van der Waals surface area (Å²) < 4.78 is 33.4. The number of allylic oxidation sites excluding steroid dienone is 8. The lowest BCUT2D eigenvalue weighted by Crippen LogP contribution is -2.34. The van der Waals surface area contributed by atoms with Crippen molar-refractivity contribution in [2.45, 2.75) is 206 Å². The Kier molecular flexibility index (Phi) is 40.5. The van der Waals surface area contributed by atoms with Gasteiger partial charge in [0, 0.05) is 13.0 Å². The fourth-order valence-electron chi connectivity index (χ4n) is 6.06. The lowest BCUT2D eigenvalue weighted by molar-refractivity contribution is -0.154. The highest BCUT2D eigenvalue weighted by molar-refractivity contribution is 7.47. The van der Waals surface area contributed by atoms with E-state index in [0.717, 1.165) is 57.8 Å². The second-order valence-corrected chi connectivity index (χ2v) is 16.6. The van der Waals surface area contributed by atoms with Gasteiger partial charge < -0.3 is 25.2 Å². The Morgan fingerprint density at radius 3 is 1.46 bits per heavy atom. The van der Waals surface area contributed by atoms with Crippen LogP contribution >= 0.6 is 7.82 Å². The molecule has 0 aromatic carbocycles. The van der Waals surface area contributed by atoms with Crippen molar-refractivity contribution >= 4 is 19.8 Å². The Morgan fingerprint density at radius 1 is 0.561 bits per heavy atom. The van der Waals surface area contributed by atoms with Gasteiger partial charge in [0.05, 0.1) is 19.8 Å². The number of esters is 1. The van der Waals surface area contributed by atoms with Gasteiger partial charge in [-0.3, -0.25) is 18.6 Å². The van der Waals surface area contributed by atoms with Gasteiger partial charge in [0.25, 0.3) is 0 Å². The van der Waals surface area contributed by atoms with E-state index < -0.39 is 45.1 Å². The molecule has 0 radical (unpaired) electrons. The first kappa shape index (κ1) is 54.9. The number of phosphoric acid groups is 1. The third-order valence-corrected chi connectivity index (χ3v) is 10.6. The van der Waals surface area contributed by atoms with E-state index in [0.29, 0.717) is 13.0 Å². The molecule has 3 atom stereocenters. The average Bonchev–Trinajstić information content (AvgIpc) is 3.19. The quantitative estimate of drug-likeness (QED) is 0.0234.